The second-order valence-electron chi connectivity index (χ2n) is 8.13. The largest absolute Gasteiger partial charge is 0.345 e. The van der Waals surface area contributed by atoms with Gasteiger partial charge in [0, 0.05) is 32.7 Å². The molecule has 2 aromatic heterocycles. The number of amides is 1. The van der Waals surface area contributed by atoms with E-state index in [2.05, 4.69) is 30.0 Å². The summed E-state index contributed by atoms with van der Waals surface area (Å²) in [6, 6.07) is 9.06. The fourth-order valence-corrected chi connectivity index (χ4v) is 8.38. The molecule has 5 rings (SSSR count). The Labute approximate surface area is 196 Å². The number of aromatic nitrogens is 1. The van der Waals surface area contributed by atoms with E-state index in [1.807, 2.05) is 4.90 Å². The van der Waals surface area contributed by atoms with Crippen molar-refractivity contribution in [1.29, 1.82) is 0 Å². The quantitative estimate of drug-likeness (QED) is 0.548. The van der Waals surface area contributed by atoms with Gasteiger partial charge in [-0.3, -0.25) is 4.79 Å². The number of thiophene rings is 1. The van der Waals surface area contributed by atoms with Crippen LogP contribution in [0.2, 0.25) is 0 Å². The van der Waals surface area contributed by atoms with Crippen LogP contribution in [0.1, 0.15) is 25.3 Å². The summed E-state index contributed by atoms with van der Waals surface area (Å²) in [6.45, 7) is 5.12. The van der Waals surface area contributed by atoms with Gasteiger partial charge in [0.15, 0.2) is 5.13 Å². The molecule has 7 nitrogen and oxygen atoms in total. The van der Waals surface area contributed by atoms with Gasteiger partial charge in [-0.25, -0.2) is 13.4 Å². The number of aryl methyl sites for hydroxylation is 1. The minimum atomic E-state index is -3.62. The Hall–Kier alpha value is -2.01. The van der Waals surface area contributed by atoms with Crippen molar-refractivity contribution in [1.82, 2.24) is 14.2 Å². The number of fused-ring (bicyclic) bond motifs is 1. The SMILES string of the molecule is CCc1cccc2sc(N3CCN(C(=O)C4CCCN4S(=O)(=O)c4cccs4)CC3)nc12. The topological polar surface area (TPSA) is 73.8 Å². The first-order valence-corrected chi connectivity index (χ1v) is 14.1. The van der Waals surface area contributed by atoms with Gasteiger partial charge in [0.05, 0.1) is 10.2 Å². The number of carbonyl (C=O) groups excluding carboxylic acids is 1. The number of sulfonamides is 1. The molecule has 170 valence electrons. The highest BCUT2D eigenvalue weighted by Gasteiger charge is 2.42. The number of rotatable bonds is 5. The molecule has 3 aromatic rings. The lowest BCUT2D eigenvalue weighted by Gasteiger charge is -2.37. The molecule has 1 unspecified atom stereocenters. The fraction of sp³-hybridized carbons (Fsp3) is 0.455. The number of benzene rings is 1. The van der Waals surface area contributed by atoms with E-state index in [4.69, 9.17) is 4.98 Å². The van der Waals surface area contributed by atoms with Crippen molar-refractivity contribution in [2.75, 3.05) is 37.6 Å². The van der Waals surface area contributed by atoms with E-state index in [9.17, 15) is 13.2 Å². The van der Waals surface area contributed by atoms with E-state index < -0.39 is 16.1 Å². The summed E-state index contributed by atoms with van der Waals surface area (Å²) in [5.74, 6) is -0.0696. The van der Waals surface area contributed by atoms with Crippen molar-refractivity contribution in [2.24, 2.45) is 0 Å². The Bertz CT molecular complexity index is 1210. The van der Waals surface area contributed by atoms with Gasteiger partial charge in [0.25, 0.3) is 10.0 Å². The molecule has 2 saturated heterocycles. The Morgan fingerprint density at radius 2 is 1.94 bits per heavy atom. The molecule has 0 aliphatic carbocycles. The lowest BCUT2D eigenvalue weighted by atomic mass is 10.1. The number of carbonyl (C=O) groups is 1. The minimum Gasteiger partial charge on any atom is -0.345 e. The molecule has 0 radical (unpaired) electrons. The third-order valence-electron chi connectivity index (χ3n) is 6.28. The lowest BCUT2D eigenvalue weighted by Crippen LogP contribution is -2.54. The molecule has 0 N–H and O–H groups in total. The molecule has 0 bridgehead atoms. The molecule has 2 aliphatic rings. The summed E-state index contributed by atoms with van der Waals surface area (Å²) in [5, 5.41) is 2.75. The van der Waals surface area contributed by atoms with Crippen molar-refractivity contribution >= 4 is 54.0 Å². The summed E-state index contributed by atoms with van der Waals surface area (Å²) in [4.78, 5) is 22.2. The number of para-hydroxylation sites is 1. The van der Waals surface area contributed by atoms with Crippen LogP contribution in [0.3, 0.4) is 0 Å². The van der Waals surface area contributed by atoms with E-state index in [1.165, 1.54) is 25.9 Å². The van der Waals surface area contributed by atoms with Crippen LogP contribution in [-0.2, 0) is 21.2 Å². The fourth-order valence-electron chi connectivity index (χ4n) is 4.54. The zero-order valence-corrected chi connectivity index (χ0v) is 20.4. The average Bonchev–Trinajstić information content (AvgIpc) is 3.58. The highest BCUT2D eigenvalue weighted by molar-refractivity contribution is 7.91. The second kappa shape index (κ2) is 8.74. The number of thiazole rings is 1. The normalized spacial score (nSPS) is 20.3. The van der Waals surface area contributed by atoms with Crippen molar-refractivity contribution < 1.29 is 13.2 Å². The van der Waals surface area contributed by atoms with Crippen molar-refractivity contribution in [3.05, 3.63) is 41.3 Å². The predicted octanol–water partition coefficient (Wildman–Crippen LogP) is 3.42. The predicted molar refractivity (Wildman–Crippen MR) is 129 cm³/mol. The standard InChI is InChI=1S/C22H26N4O3S3/c1-2-16-6-3-8-18-20(16)23-22(31-18)25-13-11-24(12-14-25)21(27)17-7-4-10-26(17)32(28,29)19-9-5-15-30-19/h3,5-6,8-9,15,17H,2,4,7,10-14H2,1H3. The van der Waals surface area contributed by atoms with Crippen LogP contribution in [0, 0.1) is 0 Å². The number of piperazine rings is 1. The number of hydrogen-bond acceptors (Lipinski definition) is 7. The van der Waals surface area contributed by atoms with Crippen LogP contribution in [-0.4, -0.2) is 67.3 Å². The Kier molecular flexibility index (Phi) is 5.96. The molecule has 0 spiro atoms. The summed E-state index contributed by atoms with van der Waals surface area (Å²) in [7, 11) is -3.62. The maximum absolute atomic E-state index is 13.3. The molecule has 1 aromatic carbocycles. The molecule has 1 amide bonds. The Balaban J connectivity index is 1.27. The van der Waals surface area contributed by atoms with Crippen molar-refractivity contribution in [3.8, 4) is 0 Å². The van der Waals surface area contributed by atoms with Gasteiger partial charge in [-0.1, -0.05) is 36.5 Å². The summed E-state index contributed by atoms with van der Waals surface area (Å²) in [6.07, 6.45) is 2.25. The van der Waals surface area contributed by atoms with E-state index >= 15 is 0 Å². The van der Waals surface area contributed by atoms with E-state index in [0.29, 0.717) is 49.8 Å². The first kappa shape index (κ1) is 21.8. The first-order chi connectivity index (χ1) is 15.5. The zero-order valence-electron chi connectivity index (χ0n) is 17.9. The third-order valence-corrected chi connectivity index (χ3v) is 10.6. The van der Waals surface area contributed by atoms with Crippen molar-refractivity contribution in [3.63, 3.8) is 0 Å². The van der Waals surface area contributed by atoms with Gasteiger partial charge in [0.2, 0.25) is 5.91 Å². The van der Waals surface area contributed by atoms with Crippen LogP contribution >= 0.6 is 22.7 Å². The van der Waals surface area contributed by atoms with Gasteiger partial charge >= 0.3 is 0 Å². The molecular weight excluding hydrogens is 464 g/mol. The smallest absolute Gasteiger partial charge is 0.253 e. The van der Waals surface area contributed by atoms with Gasteiger partial charge in [-0.15, -0.1) is 11.3 Å². The Morgan fingerprint density at radius 1 is 1.12 bits per heavy atom. The molecular formula is C22H26N4O3S3. The number of hydrogen-bond donors (Lipinski definition) is 0. The number of anilines is 1. The molecule has 10 heteroatoms. The molecule has 0 saturated carbocycles. The summed E-state index contributed by atoms with van der Waals surface area (Å²) >= 11 is 2.90. The molecule has 2 fully saturated rings. The Morgan fingerprint density at radius 3 is 2.66 bits per heavy atom. The van der Waals surface area contributed by atoms with Gasteiger partial charge in [-0.05, 0) is 42.3 Å². The highest BCUT2D eigenvalue weighted by Crippen LogP contribution is 2.33. The average molecular weight is 491 g/mol. The van der Waals surface area contributed by atoms with Crippen LogP contribution in [0.5, 0.6) is 0 Å². The maximum atomic E-state index is 13.3. The zero-order chi connectivity index (χ0) is 22.3. The van der Waals surface area contributed by atoms with Crippen LogP contribution in [0.15, 0.2) is 39.9 Å². The monoisotopic (exact) mass is 490 g/mol. The molecule has 1 atom stereocenters. The second-order valence-corrected chi connectivity index (χ2v) is 12.2. The maximum Gasteiger partial charge on any atom is 0.253 e. The summed E-state index contributed by atoms with van der Waals surface area (Å²) in [5.41, 5.74) is 2.33. The van der Waals surface area contributed by atoms with E-state index in [1.54, 1.807) is 28.8 Å². The van der Waals surface area contributed by atoms with Gasteiger partial charge in [-0.2, -0.15) is 4.31 Å². The molecule has 4 heterocycles. The summed E-state index contributed by atoms with van der Waals surface area (Å²) < 4.78 is 28.9. The van der Waals surface area contributed by atoms with Crippen molar-refractivity contribution in [2.45, 2.75) is 36.4 Å². The van der Waals surface area contributed by atoms with E-state index in [-0.39, 0.29) is 5.91 Å². The van der Waals surface area contributed by atoms with Crippen LogP contribution in [0.25, 0.3) is 10.2 Å². The molecule has 2 aliphatic heterocycles. The van der Waals surface area contributed by atoms with Gasteiger partial charge < -0.3 is 9.80 Å². The highest BCUT2D eigenvalue weighted by atomic mass is 32.2. The van der Waals surface area contributed by atoms with Crippen LogP contribution < -0.4 is 4.90 Å². The van der Waals surface area contributed by atoms with Crippen LogP contribution in [0.4, 0.5) is 5.13 Å². The third kappa shape index (κ3) is 3.83. The van der Waals surface area contributed by atoms with Gasteiger partial charge in [0.1, 0.15) is 10.3 Å². The molecule has 32 heavy (non-hydrogen) atoms. The van der Waals surface area contributed by atoms with E-state index in [0.717, 1.165) is 17.1 Å². The lowest BCUT2D eigenvalue weighted by molar-refractivity contribution is -0.134. The first-order valence-electron chi connectivity index (χ1n) is 11.0. The number of nitrogens with zero attached hydrogens (tertiary/aromatic N) is 4. The minimum absolute atomic E-state index is 0.0696.